The molecule has 0 N–H and O–H groups in total. The first-order valence-electron chi connectivity index (χ1n) is 21.7. The monoisotopic (exact) mass is 977 g/mol. The van der Waals surface area contributed by atoms with Crippen molar-refractivity contribution < 1.29 is 33.0 Å². The molecular weight excluding hydrogens is 930 g/mol. The molecule has 0 aliphatic carbocycles. The van der Waals surface area contributed by atoms with Crippen molar-refractivity contribution >= 4 is 33.0 Å². The Morgan fingerprint density at radius 1 is 0.672 bits per heavy atom. The summed E-state index contributed by atoms with van der Waals surface area (Å²) in [4.78, 5) is 9.30. The van der Waals surface area contributed by atoms with E-state index in [2.05, 4.69) is 159 Å². The van der Waals surface area contributed by atoms with E-state index in [1.165, 1.54) is 63.5 Å². The first kappa shape index (κ1) is 37.5. The van der Waals surface area contributed by atoms with Gasteiger partial charge in [-0.15, -0.1) is 48.0 Å². The maximum Gasteiger partial charge on any atom is 0.120 e. The average Bonchev–Trinajstić information content (AvgIpc) is 3.88. The molecule has 0 amide bonds. The average molecular weight is 977 g/mol. The molecule has 0 spiro atoms. The van der Waals surface area contributed by atoms with Crippen LogP contribution in [0.15, 0.2) is 168 Å². The Balaban J connectivity index is 0.000000262. The number of halogens is 1. The minimum atomic E-state index is -2.15. The SMILES string of the molecule is CC(C)c1cc(-c2ccc(-c3ccccc3)cc2)cc(C(C)C)c1-n1c(-c2[c-]ccc3c2oc2ccccc23)nc2ccccc21.[2H]C([2H])([2H])c1ccc(-c2[c-]cc(F)cc2)nc1.[Ir]. The van der Waals surface area contributed by atoms with Crippen LogP contribution in [0.1, 0.15) is 60.3 Å². The van der Waals surface area contributed by atoms with Crippen LogP contribution in [0.25, 0.3) is 83.6 Å². The van der Waals surface area contributed by atoms with Crippen molar-refractivity contribution in [2.24, 2.45) is 0 Å². The Kier molecular flexibility index (Phi) is 10.9. The van der Waals surface area contributed by atoms with Gasteiger partial charge in [-0.3, -0.25) is 9.37 Å². The molecule has 0 bridgehead atoms. The summed E-state index contributed by atoms with van der Waals surface area (Å²) in [7, 11) is 0. The topological polar surface area (TPSA) is 43.9 Å². The van der Waals surface area contributed by atoms with Crippen LogP contribution >= 0.6 is 0 Å². The molecule has 0 unspecified atom stereocenters. The van der Waals surface area contributed by atoms with Crippen LogP contribution in [-0.2, 0) is 20.1 Å². The third kappa shape index (κ3) is 8.22. The molecule has 0 aliphatic rings. The van der Waals surface area contributed by atoms with Gasteiger partial charge in [-0.1, -0.05) is 136 Å². The van der Waals surface area contributed by atoms with Gasteiger partial charge in [-0.05, 0) is 93.7 Å². The summed E-state index contributed by atoms with van der Waals surface area (Å²) < 4.78 is 43.2. The summed E-state index contributed by atoms with van der Waals surface area (Å²) in [5, 5.41) is 2.18. The van der Waals surface area contributed by atoms with Crippen molar-refractivity contribution in [3.63, 3.8) is 0 Å². The molecule has 0 aliphatic heterocycles. The number of para-hydroxylation sites is 3. The van der Waals surface area contributed by atoms with Gasteiger partial charge in [0.05, 0.1) is 22.4 Å². The number of hydrogen-bond donors (Lipinski definition) is 0. The molecule has 0 fully saturated rings. The van der Waals surface area contributed by atoms with Gasteiger partial charge in [0.25, 0.3) is 0 Å². The van der Waals surface area contributed by atoms with Crippen LogP contribution in [0.3, 0.4) is 0 Å². The molecule has 10 aromatic rings. The number of pyridine rings is 1. The maximum atomic E-state index is 12.7. The predicted octanol–water partition coefficient (Wildman–Crippen LogP) is 15.0. The van der Waals surface area contributed by atoms with Crippen LogP contribution in [0.4, 0.5) is 4.39 Å². The van der Waals surface area contributed by atoms with E-state index in [4.69, 9.17) is 13.5 Å². The molecule has 61 heavy (non-hydrogen) atoms. The summed E-state index contributed by atoms with van der Waals surface area (Å²) in [6.07, 6.45) is 1.31. The van der Waals surface area contributed by atoms with E-state index in [-0.39, 0.29) is 43.3 Å². The molecule has 3 heterocycles. The van der Waals surface area contributed by atoms with Gasteiger partial charge >= 0.3 is 0 Å². The Hall–Kier alpha value is -6.46. The van der Waals surface area contributed by atoms with E-state index >= 15 is 0 Å². The number of nitrogens with zero attached hydrogens (tertiary/aromatic N) is 3. The van der Waals surface area contributed by atoms with E-state index in [0.717, 1.165) is 44.4 Å². The van der Waals surface area contributed by atoms with Gasteiger partial charge in [0, 0.05) is 47.3 Å². The van der Waals surface area contributed by atoms with Gasteiger partial charge in [0.15, 0.2) is 0 Å². The molecule has 4 nitrogen and oxygen atoms in total. The zero-order valence-electron chi connectivity index (χ0n) is 37.2. The number of hydrogen-bond acceptors (Lipinski definition) is 3. The Morgan fingerprint density at radius 2 is 1.34 bits per heavy atom. The molecule has 1 radical (unpaired) electrons. The minimum Gasteiger partial charge on any atom is -0.501 e. The maximum absolute atomic E-state index is 12.7. The first-order valence-corrected chi connectivity index (χ1v) is 20.2. The zero-order chi connectivity index (χ0) is 43.8. The number of furan rings is 1. The van der Waals surface area contributed by atoms with Crippen molar-refractivity contribution in [1.29, 1.82) is 0 Å². The third-order valence-electron chi connectivity index (χ3n) is 10.9. The second-order valence-corrected chi connectivity index (χ2v) is 15.6. The second kappa shape index (κ2) is 17.6. The van der Waals surface area contributed by atoms with Crippen LogP contribution in [0.2, 0.25) is 0 Å². The number of benzene rings is 7. The number of rotatable bonds is 7. The Bertz CT molecular complexity index is 3180. The number of aromatic nitrogens is 3. The fourth-order valence-electron chi connectivity index (χ4n) is 7.87. The first-order chi connectivity index (χ1) is 30.4. The summed E-state index contributed by atoms with van der Waals surface area (Å²) in [6, 6.07) is 58.5. The quantitative estimate of drug-likeness (QED) is 0.150. The van der Waals surface area contributed by atoms with Crippen LogP contribution in [0.5, 0.6) is 0 Å². The van der Waals surface area contributed by atoms with Gasteiger partial charge in [0.1, 0.15) is 5.58 Å². The van der Waals surface area contributed by atoms with E-state index in [9.17, 15) is 4.39 Å². The molecule has 0 saturated carbocycles. The van der Waals surface area contributed by atoms with Crippen LogP contribution < -0.4 is 0 Å². The predicted molar refractivity (Wildman–Crippen MR) is 245 cm³/mol. The molecule has 0 saturated heterocycles. The normalized spacial score (nSPS) is 12.2. The molecular formula is C55H44FIrN3O-2. The zero-order valence-corrected chi connectivity index (χ0v) is 36.6. The molecule has 0 atom stereocenters. The molecule has 6 heteroatoms. The van der Waals surface area contributed by atoms with Crippen molar-refractivity contribution in [2.45, 2.75) is 46.4 Å². The number of imidazole rings is 1. The number of aryl methyl sites for hydroxylation is 1. The molecule has 10 rings (SSSR count). The fourth-order valence-corrected chi connectivity index (χ4v) is 7.87. The van der Waals surface area contributed by atoms with E-state index < -0.39 is 6.85 Å². The van der Waals surface area contributed by atoms with Gasteiger partial charge < -0.3 is 14.0 Å². The van der Waals surface area contributed by atoms with E-state index in [1.807, 2.05) is 18.2 Å². The number of fused-ring (bicyclic) bond motifs is 4. The van der Waals surface area contributed by atoms with E-state index in [1.54, 1.807) is 12.1 Å². The van der Waals surface area contributed by atoms with Crippen molar-refractivity contribution in [1.82, 2.24) is 14.5 Å². The van der Waals surface area contributed by atoms with Crippen molar-refractivity contribution in [3.05, 3.63) is 199 Å². The Morgan fingerprint density at radius 3 is 2.02 bits per heavy atom. The smallest absolute Gasteiger partial charge is 0.120 e. The van der Waals surface area contributed by atoms with Gasteiger partial charge in [0.2, 0.25) is 0 Å². The summed E-state index contributed by atoms with van der Waals surface area (Å²) >= 11 is 0. The van der Waals surface area contributed by atoms with E-state index in [0.29, 0.717) is 11.3 Å². The summed E-state index contributed by atoms with van der Waals surface area (Å²) in [5.74, 6) is 1.02. The molecule has 7 aromatic carbocycles. The van der Waals surface area contributed by atoms with Crippen molar-refractivity contribution in [3.8, 4) is 50.6 Å². The molecule has 3 aromatic heterocycles. The van der Waals surface area contributed by atoms with Gasteiger partial charge in [-0.25, -0.2) is 0 Å². The van der Waals surface area contributed by atoms with Gasteiger partial charge in [-0.2, -0.15) is 0 Å². The van der Waals surface area contributed by atoms with Crippen molar-refractivity contribution in [2.75, 3.05) is 0 Å². The minimum absolute atomic E-state index is 0. The molecule has 303 valence electrons. The standard InChI is InChI=1S/C43H35N2O.C12H9FN.Ir/c1-27(2)36-25-32(31-23-21-30(22-24-31)29-13-6-5-7-14-29)26-37(28(3)4)41(36)45-39-19-10-9-18-38(39)44-43(45)35-17-12-16-34-33-15-8-11-20-40(33)46-42(34)35;1-9-2-7-12(14-8-9)10-3-5-11(13)6-4-10;/h5-16,18-28H,1-4H3;2-3,5-8H,1H3;/q2*-1;/i;1D3;. The largest absolute Gasteiger partial charge is 0.501 e. The summed E-state index contributed by atoms with van der Waals surface area (Å²) in [6.45, 7) is 7.00. The summed E-state index contributed by atoms with van der Waals surface area (Å²) in [5.41, 5.74) is 14.6. The Labute approximate surface area is 374 Å². The fraction of sp³-hybridized carbons (Fsp3) is 0.127. The second-order valence-electron chi connectivity index (χ2n) is 15.6. The van der Waals surface area contributed by atoms with Crippen LogP contribution in [0, 0.1) is 24.8 Å². The third-order valence-corrected chi connectivity index (χ3v) is 10.9. The van der Waals surface area contributed by atoms with Crippen LogP contribution in [-0.4, -0.2) is 14.5 Å².